The lowest BCUT2D eigenvalue weighted by Gasteiger charge is -2.12. The van der Waals surface area contributed by atoms with Gasteiger partial charge in [0.2, 0.25) is 0 Å². The molecule has 0 spiro atoms. The molecule has 1 N–H and O–H groups in total. The molecule has 2 aromatic rings. The Morgan fingerprint density at radius 2 is 2.53 bits per heavy atom. The zero-order valence-electron chi connectivity index (χ0n) is 8.63. The van der Waals surface area contributed by atoms with E-state index < -0.39 is 0 Å². The molecule has 15 heavy (non-hydrogen) atoms. The monoisotopic (exact) mass is 222 g/mol. The van der Waals surface area contributed by atoms with E-state index in [1.54, 1.807) is 24.0 Å². The minimum absolute atomic E-state index is 0.397. The molecule has 0 aromatic carbocycles. The Morgan fingerprint density at radius 1 is 1.60 bits per heavy atom. The fourth-order valence-corrected chi connectivity index (χ4v) is 2.02. The van der Waals surface area contributed by atoms with Crippen molar-refractivity contribution in [1.82, 2.24) is 20.1 Å². The minimum Gasteiger partial charge on any atom is -0.308 e. The Bertz CT molecular complexity index is 368. The zero-order valence-corrected chi connectivity index (χ0v) is 9.44. The first-order chi connectivity index (χ1) is 7.34. The summed E-state index contributed by atoms with van der Waals surface area (Å²) in [6, 6.07) is 4.61. The fraction of sp³-hybridized carbons (Fsp3) is 0.400. The third kappa shape index (κ3) is 3.14. The Labute approximate surface area is 93.0 Å². The molecule has 0 saturated carbocycles. The van der Waals surface area contributed by atoms with E-state index in [-0.39, 0.29) is 0 Å². The van der Waals surface area contributed by atoms with Crippen LogP contribution in [0.2, 0.25) is 0 Å². The van der Waals surface area contributed by atoms with E-state index in [0.29, 0.717) is 6.04 Å². The van der Waals surface area contributed by atoms with Crippen LogP contribution in [-0.2, 0) is 13.1 Å². The summed E-state index contributed by atoms with van der Waals surface area (Å²) in [5, 5.41) is 9.61. The second kappa shape index (κ2) is 5.04. The number of hydrogen-bond donors (Lipinski definition) is 1. The maximum atomic E-state index is 4.07. The third-order valence-corrected chi connectivity index (χ3v) is 3.01. The number of nitrogens with zero attached hydrogens (tertiary/aromatic N) is 3. The van der Waals surface area contributed by atoms with Gasteiger partial charge in [-0.15, -0.1) is 11.3 Å². The van der Waals surface area contributed by atoms with E-state index in [1.807, 2.05) is 4.68 Å². The number of thiophene rings is 1. The lowest BCUT2D eigenvalue weighted by molar-refractivity contribution is 0.451. The Morgan fingerprint density at radius 3 is 3.20 bits per heavy atom. The van der Waals surface area contributed by atoms with Crippen LogP contribution in [0, 0.1) is 0 Å². The summed E-state index contributed by atoms with van der Waals surface area (Å²) in [4.78, 5) is 5.27. The van der Waals surface area contributed by atoms with Crippen molar-refractivity contribution in [2.75, 3.05) is 0 Å². The number of aromatic nitrogens is 3. The average Bonchev–Trinajstić information content (AvgIpc) is 2.86. The first kappa shape index (κ1) is 10.3. The van der Waals surface area contributed by atoms with Gasteiger partial charge in [0.1, 0.15) is 12.7 Å². The highest BCUT2D eigenvalue weighted by Crippen LogP contribution is 2.07. The lowest BCUT2D eigenvalue weighted by atomic mass is 10.3. The largest absolute Gasteiger partial charge is 0.308 e. The molecule has 4 nitrogen and oxygen atoms in total. The highest BCUT2D eigenvalue weighted by atomic mass is 32.1. The Kier molecular flexibility index (Phi) is 3.47. The summed E-state index contributed by atoms with van der Waals surface area (Å²) in [7, 11) is 0. The first-order valence-electron chi connectivity index (χ1n) is 4.93. The molecule has 0 aliphatic rings. The van der Waals surface area contributed by atoms with Crippen LogP contribution in [0.3, 0.4) is 0 Å². The molecular formula is C10H14N4S. The minimum atomic E-state index is 0.397. The standard InChI is InChI=1S/C10H14N4S/c1-9(6-14-8-11-7-13-14)12-5-10-3-2-4-15-10/h2-4,7-9,12H,5-6H2,1H3/t9-/m0/s1. The van der Waals surface area contributed by atoms with Crippen molar-refractivity contribution < 1.29 is 0 Å². The molecule has 5 heteroatoms. The van der Waals surface area contributed by atoms with E-state index in [9.17, 15) is 0 Å². The van der Waals surface area contributed by atoms with Crippen molar-refractivity contribution in [2.45, 2.75) is 26.1 Å². The SMILES string of the molecule is C[C@@H](Cn1cncn1)NCc1cccs1. The van der Waals surface area contributed by atoms with Crippen molar-refractivity contribution in [3.8, 4) is 0 Å². The molecule has 2 aromatic heterocycles. The maximum absolute atomic E-state index is 4.07. The maximum Gasteiger partial charge on any atom is 0.137 e. The molecule has 0 amide bonds. The average molecular weight is 222 g/mol. The molecule has 0 unspecified atom stereocenters. The van der Waals surface area contributed by atoms with Crippen LogP contribution in [-0.4, -0.2) is 20.8 Å². The fourth-order valence-electron chi connectivity index (χ4n) is 1.36. The second-order valence-electron chi connectivity index (χ2n) is 3.48. The molecule has 0 radical (unpaired) electrons. The third-order valence-electron chi connectivity index (χ3n) is 2.13. The number of hydrogen-bond acceptors (Lipinski definition) is 4. The molecule has 2 heterocycles. The smallest absolute Gasteiger partial charge is 0.137 e. The van der Waals surface area contributed by atoms with Crippen LogP contribution in [0.5, 0.6) is 0 Å². The summed E-state index contributed by atoms with van der Waals surface area (Å²) < 4.78 is 1.84. The van der Waals surface area contributed by atoms with Gasteiger partial charge in [-0.2, -0.15) is 5.10 Å². The number of rotatable bonds is 5. The van der Waals surface area contributed by atoms with Crippen molar-refractivity contribution in [1.29, 1.82) is 0 Å². The topological polar surface area (TPSA) is 42.7 Å². The van der Waals surface area contributed by atoms with E-state index in [0.717, 1.165) is 13.1 Å². The molecule has 2 rings (SSSR count). The van der Waals surface area contributed by atoms with E-state index >= 15 is 0 Å². The zero-order chi connectivity index (χ0) is 10.5. The number of nitrogens with one attached hydrogen (secondary N) is 1. The molecule has 80 valence electrons. The van der Waals surface area contributed by atoms with Crippen molar-refractivity contribution in [3.05, 3.63) is 35.0 Å². The van der Waals surface area contributed by atoms with Gasteiger partial charge in [0.05, 0.1) is 6.54 Å². The summed E-state index contributed by atoms with van der Waals surface area (Å²) in [5.74, 6) is 0. The predicted octanol–water partition coefficient (Wildman–Crippen LogP) is 1.52. The summed E-state index contributed by atoms with van der Waals surface area (Å²) >= 11 is 1.78. The van der Waals surface area contributed by atoms with E-state index in [1.165, 1.54) is 4.88 Å². The van der Waals surface area contributed by atoms with Crippen molar-refractivity contribution >= 4 is 11.3 Å². The van der Waals surface area contributed by atoms with Gasteiger partial charge in [-0.3, -0.25) is 4.68 Å². The van der Waals surface area contributed by atoms with Crippen LogP contribution < -0.4 is 5.32 Å². The summed E-state index contributed by atoms with van der Waals surface area (Å²) in [6.07, 6.45) is 3.30. The van der Waals surface area contributed by atoms with Crippen LogP contribution >= 0.6 is 11.3 Å². The Balaban J connectivity index is 1.76. The molecule has 0 saturated heterocycles. The van der Waals surface area contributed by atoms with Crippen molar-refractivity contribution in [2.24, 2.45) is 0 Å². The van der Waals surface area contributed by atoms with Gasteiger partial charge in [0.25, 0.3) is 0 Å². The van der Waals surface area contributed by atoms with E-state index in [2.05, 4.69) is 39.8 Å². The second-order valence-corrected chi connectivity index (χ2v) is 4.51. The molecule has 0 bridgehead atoms. The highest BCUT2D eigenvalue weighted by molar-refractivity contribution is 7.09. The Hall–Kier alpha value is -1.20. The summed E-state index contributed by atoms with van der Waals surface area (Å²) in [6.45, 7) is 3.92. The van der Waals surface area contributed by atoms with E-state index in [4.69, 9.17) is 0 Å². The van der Waals surface area contributed by atoms with Crippen LogP contribution in [0.15, 0.2) is 30.2 Å². The quantitative estimate of drug-likeness (QED) is 0.834. The van der Waals surface area contributed by atoms with Gasteiger partial charge >= 0.3 is 0 Å². The molecular weight excluding hydrogens is 208 g/mol. The molecule has 0 fully saturated rings. The van der Waals surface area contributed by atoms with Gasteiger partial charge in [0, 0.05) is 17.5 Å². The summed E-state index contributed by atoms with van der Waals surface area (Å²) in [5.41, 5.74) is 0. The van der Waals surface area contributed by atoms with Gasteiger partial charge in [-0.1, -0.05) is 6.07 Å². The van der Waals surface area contributed by atoms with Crippen LogP contribution in [0.1, 0.15) is 11.8 Å². The van der Waals surface area contributed by atoms with Crippen molar-refractivity contribution in [3.63, 3.8) is 0 Å². The van der Waals surface area contributed by atoms with Gasteiger partial charge < -0.3 is 5.32 Å². The van der Waals surface area contributed by atoms with Crippen LogP contribution in [0.4, 0.5) is 0 Å². The highest BCUT2D eigenvalue weighted by Gasteiger charge is 2.03. The molecule has 0 aliphatic heterocycles. The van der Waals surface area contributed by atoms with Gasteiger partial charge in [0.15, 0.2) is 0 Å². The normalized spacial score (nSPS) is 12.9. The molecule has 1 atom stereocenters. The van der Waals surface area contributed by atoms with Gasteiger partial charge in [-0.25, -0.2) is 4.98 Å². The molecule has 0 aliphatic carbocycles. The first-order valence-corrected chi connectivity index (χ1v) is 5.81. The lowest BCUT2D eigenvalue weighted by Crippen LogP contribution is -2.29. The van der Waals surface area contributed by atoms with Crippen LogP contribution in [0.25, 0.3) is 0 Å². The van der Waals surface area contributed by atoms with Gasteiger partial charge in [-0.05, 0) is 18.4 Å². The predicted molar refractivity (Wildman–Crippen MR) is 60.6 cm³/mol.